The molecule has 0 saturated heterocycles. The van der Waals surface area contributed by atoms with Crippen LogP contribution in [0.2, 0.25) is 0 Å². The second-order valence-electron chi connectivity index (χ2n) is 31.1. The van der Waals surface area contributed by atoms with E-state index in [4.69, 9.17) is 0 Å². The second kappa shape index (κ2) is 39.3. The summed E-state index contributed by atoms with van der Waals surface area (Å²) in [5, 5.41) is 0. The van der Waals surface area contributed by atoms with Gasteiger partial charge in [-0.3, -0.25) is 0 Å². The van der Waals surface area contributed by atoms with Crippen molar-refractivity contribution < 1.29 is 39.5 Å². The van der Waals surface area contributed by atoms with E-state index in [-0.39, 0.29) is 11.1 Å². The summed E-state index contributed by atoms with van der Waals surface area (Å²) in [6.45, 7) is 43.6. The monoisotopic (exact) mass is 1510 g/mol. The molecule has 582 valence electrons. The fraction of sp³-hybridized carbons (Fsp3) is 0.294. The third-order valence-corrected chi connectivity index (χ3v) is 20.0. The van der Waals surface area contributed by atoms with E-state index in [1.165, 1.54) is 170 Å². The van der Waals surface area contributed by atoms with Crippen molar-refractivity contribution in [1.29, 1.82) is 0 Å². The number of alkyl halides is 9. The van der Waals surface area contributed by atoms with Gasteiger partial charge in [-0.2, -0.15) is 39.5 Å². The first-order valence-corrected chi connectivity index (χ1v) is 38.0. The molecular weight excluding hydrogens is 1400 g/mol. The minimum absolute atomic E-state index is 0.159. The highest BCUT2D eigenvalue weighted by Crippen LogP contribution is 2.38. The van der Waals surface area contributed by atoms with Gasteiger partial charge >= 0.3 is 18.5 Å². The molecule has 0 heterocycles. The summed E-state index contributed by atoms with van der Waals surface area (Å²) in [6.07, 6.45) is -9.26. The zero-order valence-electron chi connectivity index (χ0n) is 68.9. The summed E-state index contributed by atoms with van der Waals surface area (Å²) < 4.78 is 117. The van der Waals surface area contributed by atoms with Crippen molar-refractivity contribution in [3.63, 3.8) is 0 Å². The summed E-state index contributed by atoms with van der Waals surface area (Å²) in [7, 11) is 0. The van der Waals surface area contributed by atoms with Gasteiger partial charge < -0.3 is 0 Å². The van der Waals surface area contributed by atoms with Crippen LogP contribution in [0.3, 0.4) is 0 Å². The fourth-order valence-electron chi connectivity index (χ4n) is 14.2. The lowest BCUT2D eigenvalue weighted by molar-refractivity contribution is -0.139. The summed E-state index contributed by atoms with van der Waals surface area (Å²) in [5.74, 6) is 0. The Hall–Kier alpha value is -9.99. The van der Waals surface area contributed by atoms with Gasteiger partial charge in [-0.25, -0.2) is 0 Å². The van der Waals surface area contributed by atoms with E-state index in [1.807, 2.05) is 32.0 Å². The first kappa shape index (κ1) is 88.2. The van der Waals surface area contributed by atoms with Crippen molar-refractivity contribution in [3.05, 3.63) is 419 Å². The van der Waals surface area contributed by atoms with Crippen LogP contribution in [0.25, 0.3) is 0 Å². The highest BCUT2D eigenvalue weighted by Gasteiger charge is 2.36. The Morgan fingerprint density at radius 3 is 0.739 bits per heavy atom. The maximum atomic E-state index is 13.1. The lowest BCUT2D eigenvalue weighted by Crippen LogP contribution is -2.13. The molecular formula is C102H111F9. The molecule has 0 saturated carbocycles. The second-order valence-corrected chi connectivity index (χ2v) is 31.1. The zero-order valence-corrected chi connectivity index (χ0v) is 68.9. The lowest BCUT2D eigenvalue weighted by Gasteiger charge is -2.17. The molecule has 0 aliphatic rings. The third kappa shape index (κ3) is 28.4. The minimum atomic E-state index is -4.61. The van der Waals surface area contributed by atoms with Gasteiger partial charge in [0.1, 0.15) is 0 Å². The Balaban J connectivity index is 0.000000186. The molecule has 0 atom stereocenters. The minimum Gasteiger partial charge on any atom is -0.166 e. The molecule has 0 fully saturated rings. The van der Waals surface area contributed by atoms with Crippen LogP contribution in [0.5, 0.6) is 0 Å². The predicted octanol–water partition coefficient (Wildman–Crippen LogP) is 29.2. The SMILES string of the molecule is Cc1cc(C)cc(Cc2cc(C)cc(C(F)(F)F)c2)c1.Cc1cc(C)cc(Cc2cc(C)cc(C)c2)c1.Cc1ccc(C(F)(F)F)c(Cc2cc(C)ccc2C(F)(F)F)c1.Cc1ccc(C)c(Cc2cc(C)ccc2C)c1.Cc1ccc(Cc2ccc(C)c(C)c2)cc1C.Cc1ccc(Cc2ccc(C)cc2C)c(C)c1. The van der Waals surface area contributed by atoms with Crippen molar-refractivity contribution in [2.75, 3.05) is 0 Å². The summed E-state index contributed by atoms with van der Waals surface area (Å²) in [4.78, 5) is 0. The Morgan fingerprint density at radius 2 is 0.423 bits per heavy atom. The van der Waals surface area contributed by atoms with E-state index >= 15 is 0 Å². The number of hydrogen-bond donors (Lipinski definition) is 0. The molecule has 0 bridgehead atoms. The van der Waals surface area contributed by atoms with E-state index in [2.05, 4.69) is 262 Å². The normalized spacial score (nSPS) is 11.2. The van der Waals surface area contributed by atoms with Crippen LogP contribution in [0, 0.1) is 145 Å². The van der Waals surface area contributed by atoms with Crippen LogP contribution in [0.4, 0.5) is 39.5 Å². The third-order valence-electron chi connectivity index (χ3n) is 20.0. The van der Waals surface area contributed by atoms with Gasteiger partial charge in [0.05, 0.1) is 16.7 Å². The Labute approximate surface area is 657 Å². The molecule has 0 nitrogen and oxygen atoms in total. The number of hydrogen-bond acceptors (Lipinski definition) is 0. The van der Waals surface area contributed by atoms with E-state index in [0.717, 1.165) is 54.5 Å². The molecule has 9 heteroatoms. The van der Waals surface area contributed by atoms with Crippen molar-refractivity contribution in [1.82, 2.24) is 0 Å². The smallest absolute Gasteiger partial charge is 0.166 e. The number of benzene rings is 12. The molecule has 12 aromatic carbocycles. The van der Waals surface area contributed by atoms with Gasteiger partial charge in [-0.15, -0.1) is 0 Å². The quantitative estimate of drug-likeness (QED) is 0.107. The molecule has 0 aliphatic heterocycles. The standard InChI is InChI=1S/C17H14F6.C17H17F3.4C17H20/c1-10-3-5-14(16(18,19)20)12(7-10)9-13-8-11(2)4-6-15(13)17(21,22)23;1-11-4-12(2)6-14(5-11)9-15-7-13(3)8-16(10-15)17(18,19)20;1-12-5-13(2)8-16(7-12)11-17-9-14(3)6-15(4)10-17;1-12-5-7-16(9-14(12)3)11-17-8-6-13(2)15(4)10-17;1-12-5-7-16(14(3)9-12)11-17-8-6-13(2)10-15(17)4;1-12-5-7-14(3)16(9-12)11-17-10-13(2)6-8-15(17)4/h3-8H,9H2,1-2H3;4-8,10H,9H2,1-3H3;4*5-10H,11H2,1-4H3. The van der Waals surface area contributed by atoms with E-state index in [1.54, 1.807) is 20.8 Å². The molecule has 12 rings (SSSR count). The molecule has 0 amide bonds. The van der Waals surface area contributed by atoms with Gasteiger partial charge in [0, 0.05) is 0 Å². The Kier molecular flexibility index (Phi) is 31.2. The molecule has 0 spiro atoms. The van der Waals surface area contributed by atoms with Gasteiger partial charge in [0.15, 0.2) is 0 Å². The molecule has 0 unspecified atom stereocenters. The molecule has 0 aromatic heterocycles. The summed E-state index contributed by atoms with van der Waals surface area (Å²) in [6, 6.07) is 71.2. The molecule has 111 heavy (non-hydrogen) atoms. The summed E-state index contributed by atoms with van der Waals surface area (Å²) in [5.41, 5.74) is 36.3. The average Bonchev–Trinajstić information content (AvgIpc) is 0.766. The van der Waals surface area contributed by atoms with Gasteiger partial charge in [0.2, 0.25) is 0 Å². The van der Waals surface area contributed by atoms with E-state index < -0.39 is 41.6 Å². The van der Waals surface area contributed by atoms with Crippen LogP contribution in [-0.2, 0) is 57.1 Å². The Bertz CT molecular complexity index is 4830. The zero-order chi connectivity index (χ0) is 82.0. The van der Waals surface area contributed by atoms with Crippen molar-refractivity contribution >= 4 is 0 Å². The van der Waals surface area contributed by atoms with E-state index in [0.29, 0.717) is 28.7 Å². The van der Waals surface area contributed by atoms with Gasteiger partial charge in [-0.05, 0) is 319 Å². The van der Waals surface area contributed by atoms with Crippen LogP contribution < -0.4 is 0 Å². The van der Waals surface area contributed by atoms with Gasteiger partial charge in [0.25, 0.3) is 0 Å². The molecule has 0 radical (unpaired) electrons. The molecule has 0 N–H and O–H groups in total. The van der Waals surface area contributed by atoms with Crippen LogP contribution in [0.15, 0.2) is 218 Å². The average molecular weight is 1510 g/mol. The maximum Gasteiger partial charge on any atom is 0.416 e. The van der Waals surface area contributed by atoms with E-state index in [9.17, 15) is 39.5 Å². The number of rotatable bonds is 12. The fourth-order valence-corrected chi connectivity index (χ4v) is 14.2. The first-order valence-electron chi connectivity index (χ1n) is 38.0. The summed E-state index contributed by atoms with van der Waals surface area (Å²) >= 11 is 0. The van der Waals surface area contributed by atoms with Crippen LogP contribution in [0.1, 0.15) is 200 Å². The lowest BCUT2D eigenvalue weighted by atomic mass is 9.93. The van der Waals surface area contributed by atoms with Crippen molar-refractivity contribution in [2.24, 2.45) is 0 Å². The highest BCUT2D eigenvalue weighted by molar-refractivity contribution is 5.46. The maximum absolute atomic E-state index is 13.1. The number of aryl methyl sites for hydroxylation is 21. The van der Waals surface area contributed by atoms with Crippen LogP contribution in [-0.4, -0.2) is 0 Å². The van der Waals surface area contributed by atoms with Crippen LogP contribution >= 0.6 is 0 Å². The van der Waals surface area contributed by atoms with Crippen molar-refractivity contribution in [3.8, 4) is 0 Å². The molecule has 0 aliphatic carbocycles. The Morgan fingerprint density at radius 1 is 0.162 bits per heavy atom. The first-order chi connectivity index (χ1) is 51.9. The van der Waals surface area contributed by atoms with Gasteiger partial charge in [-0.1, -0.05) is 266 Å². The number of halogens is 9. The van der Waals surface area contributed by atoms with Crippen molar-refractivity contribution in [2.45, 2.75) is 202 Å². The highest BCUT2D eigenvalue weighted by atomic mass is 19.4. The predicted molar refractivity (Wildman–Crippen MR) is 449 cm³/mol. The largest absolute Gasteiger partial charge is 0.416 e. The topological polar surface area (TPSA) is 0 Å². The molecule has 12 aromatic rings.